The molecule has 26 heavy (non-hydrogen) atoms. The van der Waals surface area contributed by atoms with Crippen molar-refractivity contribution in [3.8, 4) is 0 Å². The quantitative estimate of drug-likeness (QED) is 0.584. The Morgan fingerprint density at radius 3 is 2.62 bits per heavy atom. The van der Waals surface area contributed by atoms with Gasteiger partial charge in [-0.15, -0.1) is 12.4 Å². The Hall–Kier alpha value is -1.70. The van der Waals surface area contributed by atoms with Crippen LogP contribution in [0.25, 0.3) is 10.8 Å². The van der Waals surface area contributed by atoms with Gasteiger partial charge >= 0.3 is 0 Å². The van der Waals surface area contributed by atoms with Crippen molar-refractivity contribution in [1.29, 1.82) is 0 Å². The van der Waals surface area contributed by atoms with Gasteiger partial charge in [-0.3, -0.25) is 4.98 Å². The zero-order chi connectivity index (χ0) is 17.7. The number of benzene rings is 2. The Morgan fingerprint density at radius 1 is 1.00 bits per heavy atom. The second kappa shape index (κ2) is 9.30. The van der Waals surface area contributed by atoms with E-state index >= 15 is 0 Å². The number of hydrogen-bond acceptors (Lipinski definition) is 4. The number of sulfonamides is 1. The van der Waals surface area contributed by atoms with E-state index in [2.05, 4.69) is 15.0 Å². The highest BCUT2D eigenvalue weighted by molar-refractivity contribution is 7.89. The van der Waals surface area contributed by atoms with Crippen LogP contribution >= 0.6 is 24.0 Å². The molecule has 2 N–H and O–H groups in total. The van der Waals surface area contributed by atoms with Crippen LogP contribution < -0.4 is 10.0 Å². The van der Waals surface area contributed by atoms with Crippen LogP contribution in [0, 0.1) is 0 Å². The predicted octanol–water partition coefficient (Wildman–Crippen LogP) is 3.38. The van der Waals surface area contributed by atoms with Crippen molar-refractivity contribution >= 4 is 44.8 Å². The van der Waals surface area contributed by atoms with E-state index in [9.17, 15) is 8.42 Å². The minimum Gasteiger partial charge on any atom is -0.311 e. The number of nitrogens with one attached hydrogen (secondary N) is 2. The summed E-state index contributed by atoms with van der Waals surface area (Å²) in [6.45, 7) is 1.37. The third-order valence-electron chi connectivity index (χ3n) is 3.80. The summed E-state index contributed by atoms with van der Waals surface area (Å²) < 4.78 is 27.7. The average molecular weight is 412 g/mol. The molecule has 138 valence electrons. The molecule has 2 aromatic carbocycles. The van der Waals surface area contributed by atoms with E-state index in [4.69, 9.17) is 11.6 Å². The van der Waals surface area contributed by atoms with Crippen LogP contribution in [0.2, 0.25) is 5.02 Å². The van der Waals surface area contributed by atoms with Gasteiger partial charge in [0.1, 0.15) is 0 Å². The van der Waals surface area contributed by atoms with Crippen LogP contribution in [0.4, 0.5) is 0 Å². The molecule has 0 unspecified atom stereocenters. The van der Waals surface area contributed by atoms with Crippen LogP contribution in [0.3, 0.4) is 0 Å². The number of hydrogen-bond donors (Lipinski definition) is 2. The van der Waals surface area contributed by atoms with Crippen molar-refractivity contribution in [3.05, 3.63) is 71.5 Å². The molecule has 3 aromatic rings. The molecule has 1 aromatic heterocycles. The molecule has 1 heterocycles. The van der Waals surface area contributed by atoms with Gasteiger partial charge < -0.3 is 5.32 Å². The minimum atomic E-state index is -3.58. The molecule has 3 rings (SSSR count). The van der Waals surface area contributed by atoms with E-state index in [0.29, 0.717) is 23.5 Å². The Labute approximate surface area is 164 Å². The number of nitrogens with zero attached hydrogens (tertiary/aromatic N) is 1. The molecular weight excluding hydrogens is 393 g/mol. The van der Waals surface area contributed by atoms with Crippen LogP contribution in [-0.2, 0) is 16.6 Å². The fourth-order valence-electron chi connectivity index (χ4n) is 2.54. The number of rotatable bonds is 7. The van der Waals surface area contributed by atoms with Gasteiger partial charge in [0.15, 0.2) is 0 Å². The van der Waals surface area contributed by atoms with Crippen molar-refractivity contribution in [2.45, 2.75) is 11.4 Å². The Bertz CT molecular complexity index is 976. The minimum absolute atomic E-state index is 0. The first-order valence-corrected chi connectivity index (χ1v) is 9.70. The van der Waals surface area contributed by atoms with Crippen LogP contribution in [-0.4, -0.2) is 26.5 Å². The maximum atomic E-state index is 12.6. The molecule has 0 saturated heterocycles. The highest BCUT2D eigenvalue weighted by Crippen LogP contribution is 2.21. The third kappa shape index (κ3) is 4.93. The van der Waals surface area contributed by atoms with E-state index in [1.54, 1.807) is 30.6 Å². The monoisotopic (exact) mass is 411 g/mol. The van der Waals surface area contributed by atoms with Gasteiger partial charge in [0, 0.05) is 47.8 Å². The molecule has 0 amide bonds. The van der Waals surface area contributed by atoms with Gasteiger partial charge in [-0.2, -0.15) is 0 Å². The first-order chi connectivity index (χ1) is 12.1. The molecule has 8 heteroatoms. The fourth-order valence-corrected chi connectivity index (χ4v) is 4.01. The summed E-state index contributed by atoms with van der Waals surface area (Å²) in [5, 5.41) is 5.33. The number of pyridine rings is 1. The lowest BCUT2D eigenvalue weighted by molar-refractivity contribution is 0.577. The molecule has 0 aliphatic carbocycles. The largest absolute Gasteiger partial charge is 0.311 e. The average Bonchev–Trinajstić information content (AvgIpc) is 2.62. The molecule has 5 nitrogen and oxygen atoms in total. The smallest absolute Gasteiger partial charge is 0.241 e. The van der Waals surface area contributed by atoms with Gasteiger partial charge in [0.25, 0.3) is 0 Å². The summed E-state index contributed by atoms with van der Waals surface area (Å²) in [5.74, 6) is 0. The van der Waals surface area contributed by atoms with Crippen molar-refractivity contribution in [1.82, 2.24) is 15.0 Å². The Kier molecular flexibility index (Phi) is 7.37. The Morgan fingerprint density at radius 2 is 1.81 bits per heavy atom. The third-order valence-corrected chi connectivity index (χ3v) is 5.69. The molecule has 0 aliphatic heterocycles. The lowest BCUT2D eigenvalue weighted by atomic mass is 10.2. The van der Waals surface area contributed by atoms with E-state index in [1.165, 1.54) is 0 Å². The predicted molar refractivity (Wildman–Crippen MR) is 107 cm³/mol. The number of aromatic nitrogens is 1. The Balaban J connectivity index is 0.00000243. The molecule has 0 saturated carbocycles. The van der Waals surface area contributed by atoms with E-state index in [1.807, 2.05) is 30.3 Å². The molecular formula is C18H19Cl2N3O2S. The van der Waals surface area contributed by atoms with Gasteiger partial charge in [0.05, 0.1) is 4.90 Å². The number of halogens is 2. The summed E-state index contributed by atoms with van der Waals surface area (Å²) in [4.78, 5) is 4.28. The van der Waals surface area contributed by atoms with E-state index in [-0.39, 0.29) is 23.8 Å². The van der Waals surface area contributed by atoms with E-state index < -0.39 is 10.0 Å². The summed E-state index contributed by atoms with van der Waals surface area (Å²) >= 11 is 6.09. The molecule has 0 fully saturated rings. The summed E-state index contributed by atoms with van der Waals surface area (Å²) in [6, 6.07) is 14.4. The lowest BCUT2D eigenvalue weighted by Gasteiger charge is -2.10. The first-order valence-electron chi connectivity index (χ1n) is 7.84. The molecule has 0 aliphatic rings. The zero-order valence-electron chi connectivity index (χ0n) is 13.9. The first kappa shape index (κ1) is 20.6. The standard InChI is InChI=1S/C18H18ClN3O2S.ClH/c19-17-6-2-1-4-15(17)13-21-10-11-22-25(23,24)18-7-3-5-14-12-20-9-8-16(14)18;/h1-9,12,21-22H,10-11,13H2;1H. The summed E-state index contributed by atoms with van der Waals surface area (Å²) in [7, 11) is -3.58. The van der Waals surface area contributed by atoms with Gasteiger partial charge in [0.2, 0.25) is 10.0 Å². The van der Waals surface area contributed by atoms with Gasteiger partial charge in [-0.25, -0.2) is 13.1 Å². The lowest BCUT2D eigenvalue weighted by Crippen LogP contribution is -2.31. The molecule has 0 atom stereocenters. The van der Waals surface area contributed by atoms with Crippen LogP contribution in [0.15, 0.2) is 65.8 Å². The summed E-state index contributed by atoms with van der Waals surface area (Å²) in [5.41, 5.74) is 0.980. The van der Waals surface area contributed by atoms with Crippen LogP contribution in [0.1, 0.15) is 5.56 Å². The van der Waals surface area contributed by atoms with Crippen LogP contribution in [0.5, 0.6) is 0 Å². The molecule has 0 radical (unpaired) electrons. The van der Waals surface area contributed by atoms with Crippen molar-refractivity contribution in [2.24, 2.45) is 0 Å². The topological polar surface area (TPSA) is 71.1 Å². The maximum absolute atomic E-state index is 12.6. The molecule has 0 bridgehead atoms. The van der Waals surface area contributed by atoms with Crippen molar-refractivity contribution in [3.63, 3.8) is 0 Å². The molecule has 0 spiro atoms. The second-order valence-electron chi connectivity index (χ2n) is 5.52. The highest BCUT2D eigenvalue weighted by atomic mass is 35.5. The van der Waals surface area contributed by atoms with Gasteiger partial charge in [-0.1, -0.05) is 41.9 Å². The normalized spacial score (nSPS) is 11.3. The maximum Gasteiger partial charge on any atom is 0.241 e. The number of fused-ring (bicyclic) bond motifs is 1. The van der Waals surface area contributed by atoms with Crippen molar-refractivity contribution in [2.75, 3.05) is 13.1 Å². The zero-order valence-corrected chi connectivity index (χ0v) is 16.2. The van der Waals surface area contributed by atoms with Gasteiger partial charge in [-0.05, 0) is 23.8 Å². The fraction of sp³-hybridized carbons (Fsp3) is 0.167. The summed E-state index contributed by atoms with van der Waals surface area (Å²) in [6.07, 6.45) is 3.24. The SMILES string of the molecule is Cl.O=S(=O)(NCCNCc1ccccc1Cl)c1cccc2cnccc12. The second-order valence-corrected chi connectivity index (χ2v) is 7.66. The highest BCUT2D eigenvalue weighted by Gasteiger charge is 2.16. The van der Waals surface area contributed by atoms with Crippen molar-refractivity contribution < 1.29 is 8.42 Å². The van der Waals surface area contributed by atoms with E-state index in [0.717, 1.165) is 10.9 Å².